The van der Waals surface area contributed by atoms with Gasteiger partial charge in [0, 0.05) is 0 Å². The van der Waals surface area contributed by atoms with E-state index in [1.165, 1.54) is 6.92 Å². The van der Waals surface area contributed by atoms with E-state index in [0.717, 1.165) is 12.1 Å². The lowest BCUT2D eigenvalue weighted by Gasteiger charge is -2.24. The van der Waals surface area contributed by atoms with Crippen LogP contribution < -0.4 is 11.1 Å². The van der Waals surface area contributed by atoms with E-state index in [0.29, 0.717) is 5.56 Å². The van der Waals surface area contributed by atoms with Gasteiger partial charge in [0.2, 0.25) is 5.91 Å². The summed E-state index contributed by atoms with van der Waals surface area (Å²) in [6.45, 7) is 1.44. The summed E-state index contributed by atoms with van der Waals surface area (Å²) >= 11 is 0. The molecule has 0 bridgehead atoms. The molecule has 3 N–H and O–H groups in total. The van der Waals surface area contributed by atoms with Gasteiger partial charge in [-0.1, -0.05) is 30.3 Å². The zero-order valence-corrected chi connectivity index (χ0v) is 11.2. The molecule has 1 amide bonds. The largest absolute Gasteiger partial charge is 0.322 e. The first-order chi connectivity index (χ1) is 9.84. The number of hydrogen-bond donors (Lipinski definition) is 2. The number of carbonyl (C=O) groups is 1. The number of halogens is 3. The molecule has 0 spiro atoms. The van der Waals surface area contributed by atoms with Crippen LogP contribution in [0.5, 0.6) is 0 Å². The van der Waals surface area contributed by atoms with Crippen LogP contribution in [0.1, 0.15) is 12.5 Å². The summed E-state index contributed by atoms with van der Waals surface area (Å²) in [5.41, 5.74) is 4.54. The molecule has 0 aliphatic carbocycles. The number of anilines is 1. The van der Waals surface area contributed by atoms with Gasteiger partial charge >= 0.3 is 0 Å². The van der Waals surface area contributed by atoms with Gasteiger partial charge in [-0.15, -0.1) is 0 Å². The molecule has 0 saturated carbocycles. The standard InChI is InChI=1S/C15H13F3N2O/c1-15(19,9-5-3-2-4-6-9)14(21)20-11-8-7-10(16)12(17)13(11)18/h2-8H,19H2,1H3,(H,20,21). The van der Waals surface area contributed by atoms with E-state index in [-0.39, 0.29) is 0 Å². The minimum Gasteiger partial charge on any atom is -0.322 e. The average Bonchev–Trinajstić information content (AvgIpc) is 2.48. The van der Waals surface area contributed by atoms with Crippen LogP contribution in [-0.4, -0.2) is 5.91 Å². The van der Waals surface area contributed by atoms with Gasteiger partial charge < -0.3 is 11.1 Å². The van der Waals surface area contributed by atoms with Crippen LogP contribution in [0.2, 0.25) is 0 Å². The first kappa shape index (κ1) is 15.1. The van der Waals surface area contributed by atoms with E-state index in [9.17, 15) is 18.0 Å². The van der Waals surface area contributed by atoms with Gasteiger partial charge in [0.1, 0.15) is 5.54 Å². The zero-order valence-electron chi connectivity index (χ0n) is 11.2. The molecule has 6 heteroatoms. The highest BCUT2D eigenvalue weighted by molar-refractivity contribution is 5.98. The van der Waals surface area contributed by atoms with Gasteiger partial charge in [-0.25, -0.2) is 13.2 Å². The smallest absolute Gasteiger partial charge is 0.248 e. The summed E-state index contributed by atoms with van der Waals surface area (Å²) in [7, 11) is 0. The molecule has 0 aliphatic heterocycles. The molecular weight excluding hydrogens is 281 g/mol. The molecule has 0 fully saturated rings. The van der Waals surface area contributed by atoms with Crippen LogP contribution in [0.15, 0.2) is 42.5 Å². The highest BCUT2D eigenvalue weighted by Crippen LogP contribution is 2.23. The van der Waals surface area contributed by atoms with Crippen molar-refractivity contribution in [2.24, 2.45) is 5.73 Å². The minimum absolute atomic E-state index is 0.466. The molecule has 2 aromatic rings. The van der Waals surface area contributed by atoms with Crippen molar-refractivity contribution >= 4 is 11.6 Å². The van der Waals surface area contributed by atoms with E-state index in [4.69, 9.17) is 5.73 Å². The maximum absolute atomic E-state index is 13.5. The van der Waals surface area contributed by atoms with E-state index < -0.39 is 34.6 Å². The van der Waals surface area contributed by atoms with E-state index in [1.807, 2.05) is 0 Å². The third-order valence-electron chi connectivity index (χ3n) is 3.13. The Morgan fingerprint density at radius 3 is 2.29 bits per heavy atom. The van der Waals surface area contributed by atoms with Crippen LogP contribution in [-0.2, 0) is 10.3 Å². The maximum Gasteiger partial charge on any atom is 0.248 e. The highest BCUT2D eigenvalue weighted by Gasteiger charge is 2.31. The summed E-state index contributed by atoms with van der Waals surface area (Å²) in [5.74, 6) is -5.18. The van der Waals surface area contributed by atoms with Crippen molar-refractivity contribution in [3.63, 3.8) is 0 Å². The summed E-state index contributed by atoms with van der Waals surface area (Å²) in [5, 5.41) is 2.17. The Hall–Kier alpha value is -2.34. The Labute approximate surface area is 119 Å². The lowest BCUT2D eigenvalue weighted by molar-refractivity contribution is -0.120. The number of benzene rings is 2. The van der Waals surface area contributed by atoms with Crippen LogP contribution in [0.4, 0.5) is 18.9 Å². The Balaban J connectivity index is 2.28. The third kappa shape index (κ3) is 2.90. The first-order valence-electron chi connectivity index (χ1n) is 6.13. The van der Waals surface area contributed by atoms with Crippen molar-refractivity contribution in [3.8, 4) is 0 Å². The molecule has 0 heterocycles. The molecule has 0 radical (unpaired) electrons. The lowest BCUT2D eigenvalue weighted by atomic mass is 9.92. The SMILES string of the molecule is CC(N)(C(=O)Nc1ccc(F)c(F)c1F)c1ccccc1. The predicted octanol–water partition coefficient (Wildman–Crippen LogP) is 2.92. The van der Waals surface area contributed by atoms with Crippen molar-refractivity contribution in [2.45, 2.75) is 12.5 Å². The Morgan fingerprint density at radius 2 is 1.67 bits per heavy atom. The fraction of sp³-hybridized carbons (Fsp3) is 0.133. The molecule has 0 aromatic heterocycles. The third-order valence-corrected chi connectivity index (χ3v) is 3.13. The first-order valence-corrected chi connectivity index (χ1v) is 6.13. The predicted molar refractivity (Wildman–Crippen MR) is 72.9 cm³/mol. The second-order valence-corrected chi connectivity index (χ2v) is 4.75. The van der Waals surface area contributed by atoms with E-state index in [1.54, 1.807) is 30.3 Å². The van der Waals surface area contributed by atoms with Crippen molar-refractivity contribution in [1.29, 1.82) is 0 Å². The van der Waals surface area contributed by atoms with Crippen molar-refractivity contribution in [3.05, 3.63) is 65.5 Å². The summed E-state index contributed by atoms with van der Waals surface area (Å²) in [6.07, 6.45) is 0. The van der Waals surface area contributed by atoms with Gasteiger partial charge in [0.05, 0.1) is 5.69 Å². The monoisotopic (exact) mass is 294 g/mol. The van der Waals surface area contributed by atoms with E-state index in [2.05, 4.69) is 5.32 Å². The summed E-state index contributed by atoms with van der Waals surface area (Å²) in [6, 6.07) is 10.1. The Bertz CT molecular complexity index is 672. The van der Waals surface area contributed by atoms with Crippen LogP contribution in [0.3, 0.4) is 0 Å². The molecule has 0 aliphatic rings. The molecule has 1 unspecified atom stereocenters. The summed E-state index contributed by atoms with van der Waals surface area (Å²) in [4.78, 5) is 12.2. The van der Waals surface area contributed by atoms with Gasteiger partial charge in [0.15, 0.2) is 17.5 Å². The molecule has 21 heavy (non-hydrogen) atoms. The maximum atomic E-state index is 13.5. The molecule has 3 nitrogen and oxygen atoms in total. The quantitative estimate of drug-likeness (QED) is 0.855. The number of amides is 1. The fourth-order valence-electron chi connectivity index (χ4n) is 1.79. The van der Waals surface area contributed by atoms with Gasteiger partial charge in [0.25, 0.3) is 0 Å². The normalized spacial score (nSPS) is 13.6. The molecule has 110 valence electrons. The number of nitrogens with one attached hydrogen (secondary N) is 1. The Morgan fingerprint density at radius 1 is 1.05 bits per heavy atom. The summed E-state index contributed by atoms with van der Waals surface area (Å²) < 4.78 is 39.5. The lowest BCUT2D eigenvalue weighted by Crippen LogP contribution is -2.45. The number of nitrogens with two attached hydrogens (primary N) is 1. The van der Waals surface area contributed by atoms with Crippen molar-refractivity contribution < 1.29 is 18.0 Å². The molecule has 2 rings (SSSR count). The van der Waals surface area contributed by atoms with E-state index >= 15 is 0 Å². The molecule has 0 saturated heterocycles. The van der Waals surface area contributed by atoms with Crippen LogP contribution in [0, 0.1) is 17.5 Å². The average molecular weight is 294 g/mol. The number of carbonyl (C=O) groups excluding carboxylic acids is 1. The second-order valence-electron chi connectivity index (χ2n) is 4.75. The molecule has 1 atom stereocenters. The number of rotatable bonds is 3. The fourth-order valence-corrected chi connectivity index (χ4v) is 1.79. The Kier molecular flexibility index (Phi) is 3.99. The van der Waals surface area contributed by atoms with Crippen LogP contribution in [0.25, 0.3) is 0 Å². The van der Waals surface area contributed by atoms with Crippen molar-refractivity contribution in [1.82, 2.24) is 0 Å². The van der Waals surface area contributed by atoms with Crippen LogP contribution >= 0.6 is 0 Å². The van der Waals surface area contributed by atoms with Crippen molar-refractivity contribution in [2.75, 3.05) is 5.32 Å². The molecular formula is C15H13F3N2O. The zero-order chi connectivity index (χ0) is 15.6. The topological polar surface area (TPSA) is 55.1 Å². The number of hydrogen-bond acceptors (Lipinski definition) is 2. The second kappa shape index (κ2) is 5.57. The van der Waals surface area contributed by atoms with Gasteiger partial charge in [-0.2, -0.15) is 0 Å². The van der Waals surface area contributed by atoms with Gasteiger partial charge in [-0.3, -0.25) is 4.79 Å². The molecule has 2 aromatic carbocycles. The minimum atomic E-state index is -1.65. The van der Waals surface area contributed by atoms with Gasteiger partial charge in [-0.05, 0) is 24.6 Å². The highest BCUT2D eigenvalue weighted by atomic mass is 19.2.